The maximum absolute atomic E-state index is 14.6. The molecule has 12 heteroatoms. The SMILES string of the molecule is Cn1nccc1-c1ccc2nc(NC(=O)Cc3ccc(Oc4ncccc4C(N)=O)c(F)c3)nn2c1. The number of fused-ring (bicyclic) bond motifs is 1. The number of benzene rings is 1. The Morgan fingerprint density at radius 1 is 1.14 bits per heavy atom. The van der Waals surface area contributed by atoms with E-state index in [2.05, 4.69) is 25.5 Å². The molecule has 0 unspecified atom stereocenters. The van der Waals surface area contributed by atoms with Gasteiger partial charge in [-0.05, 0) is 48.0 Å². The van der Waals surface area contributed by atoms with Crippen molar-refractivity contribution in [3.63, 3.8) is 0 Å². The highest BCUT2D eigenvalue weighted by Crippen LogP contribution is 2.26. The van der Waals surface area contributed by atoms with Crippen molar-refractivity contribution in [2.45, 2.75) is 6.42 Å². The van der Waals surface area contributed by atoms with E-state index < -0.39 is 17.6 Å². The molecule has 0 fully saturated rings. The molecule has 3 N–H and O–H groups in total. The molecule has 0 radical (unpaired) electrons. The van der Waals surface area contributed by atoms with Gasteiger partial charge in [-0.3, -0.25) is 19.6 Å². The molecule has 0 atom stereocenters. The van der Waals surface area contributed by atoms with Crippen LogP contribution >= 0.6 is 0 Å². The highest BCUT2D eigenvalue weighted by molar-refractivity contribution is 5.95. The number of hydrogen-bond donors (Lipinski definition) is 2. The normalized spacial score (nSPS) is 10.9. The van der Waals surface area contributed by atoms with Gasteiger partial charge in [0, 0.05) is 31.2 Å². The van der Waals surface area contributed by atoms with E-state index in [1.54, 1.807) is 27.7 Å². The molecule has 5 aromatic rings. The predicted octanol–water partition coefficient (Wildman–Crippen LogP) is 2.74. The Labute approximate surface area is 203 Å². The van der Waals surface area contributed by atoms with Crippen LogP contribution in [-0.4, -0.2) is 41.2 Å². The van der Waals surface area contributed by atoms with E-state index in [9.17, 15) is 14.0 Å². The summed E-state index contributed by atoms with van der Waals surface area (Å²) in [4.78, 5) is 32.3. The molecular formula is C24H19FN8O3. The van der Waals surface area contributed by atoms with E-state index in [-0.39, 0.29) is 29.6 Å². The number of carbonyl (C=O) groups excluding carboxylic acids is 2. The third-order valence-electron chi connectivity index (χ3n) is 5.30. The molecule has 11 nitrogen and oxygen atoms in total. The van der Waals surface area contributed by atoms with Crippen LogP contribution in [0.25, 0.3) is 16.9 Å². The largest absolute Gasteiger partial charge is 0.435 e. The molecule has 4 heterocycles. The number of primary amides is 1. The number of rotatable bonds is 7. The number of hydrogen-bond acceptors (Lipinski definition) is 7. The van der Waals surface area contributed by atoms with E-state index >= 15 is 0 Å². The van der Waals surface area contributed by atoms with E-state index in [0.717, 1.165) is 11.3 Å². The lowest BCUT2D eigenvalue weighted by molar-refractivity contribution is -0.115. The van der Waals surface area contributed by atoms with Gasteiger partial charge in [0.1, 0.15) is 5.56 Å². The highest BCUT2D eigenvalue weighted by Gasteiger charge is 2.15. The van der Waals surface area contributed by atoms with Crippen LogP contribution in [0.2, 0.25) is 0 Å². The van der Waals surface area contributed by atoms with Gasteiger partial charge >= 0.3 is 0 Å². The second-order valence-electron chi connectivity index (χ2n) is 7.81. The second-order valence-corrected chi connectivity index (χ2v) is 7.81. The van der Waals surface area contributed by atoms with Gasteiger partial charge in [0.05, 0.1) is 12.1 Å². The summed E-state index contributed by atoms with van der Waals surface area (Å²) < 4.78 is 23.3. The van der Waals surface area contributed by atoms with Gasteiger partial charge in [-0.1, -0.05) is 6.07 Å². The summed E-state index contributed by atoms with van der Waals surface area (Å²) in [5.41, 5.74) is 8.06. The molecule has 36 heavy (non-hydrogen) atoms. The third-order valence-corrected chi connectivity index (χ3v) is 5.30. The lowest BCUT2D eigenvalue weighted by Crippen LogP contribution is -2.15. The summed E-state index contributed by atoms with van der Waals surface area (Å²) in [5.74, 6) is -2.05. The van der Waals surface area contributed by atoms with Crippen molar-refractivity contribution in [3.8, 4) is 22.9 Å². The number of carbonyl (C=O) groups is 2. The second kappa shape index (κ2) is 9.25. The molecule has 0 aliphatic carbocycles. The first-order chi connectivity index (χ1) is 17.4. The first-order valence-electron chi connectivity index (χ1n) is 10.7. The topological polar surface area (TPSA) is 142 Å². The Bertz CT molecular complexity index is 1610. The zero-order valence-corrected chi connectivity index (χ0v) is 18.9. The van der Waals surface area contributed by atoms with Crippen LogP contribution in [-0.2, 0) is 18.3 Å². The van der Waals surface area contributed by atoms with Crippen LogP contribution in [0.1, 0.15) is 15.9 Å². The molecule has 0 aliphatic heterocycles. The van der Waals surface area contributed by atoms with Gasteiger partial charge in [-0.15, -0.1) is 5.10 Å². The lowest BCUT2D eigenvalue weighted by Gasteiger charge is -2.09. The summed E-state index contributed by atoms with van der Waals surface area (Å²) in [6.45, 7) is 0. The lowest BCUT2D eigenvalue weighted by atomic mass is 10.1. The zero-order valence-electron chi connectivity index (χ0n) is 18.9. The number of nitrogens with two attached hydrogens (primary N) is 1. The maximum atomic E-state index is 14.6. The van der Waals surface area contributed by atoms with Crippen molar-refractivity contribution < 1.29 is 18.7 Å². The number of ether oxygens (including phenoxy) is 1. The minimum absolute atomic E-state index is 0.0211. The monoisotopic (exact) mass is 486 g/mol. The maximum Gasteiger partial charge on any atom is 0.254 e. The Hall–Kier alpha value is -5.13. The fourth-order valence-electron chi connectivity index (χ4n) is 3.60. The van der Waals surface area contributed by atoms with Crippen LogP contribution in [0, 0.1) is 5.82 Å². The van der Waals surface area contributed by atoms with Crippen LogP contribution < -0.4 is 15.8 Å². The molecule has 0 aliphatic rings. The first-order valence-corrected chi connectivity index (χ1v) is 10.7. The van der Waals surface area contributed by atoms with E-state index in [0.29, 0.717) is 11.2 Å². The first kappa shape index (κ1) is 22.7. The number of amides is 2. The van der Waals surface area contributed by atoms with Gasteiger partial charge in [0.2, 0.25) is 17.7 Å². The standard InChI is InChI=1S/C24H19FN8O3/c1-32-18(8-10-28-32)15-5-7-20-29-24(31-33(20)13-15)30-21(34)12-14-4-6-19(17(25)11-14)36-23-16(22(26)35)3-2-9-27-23/h2-11,13H,12H2,1H3,(H2,26,35)(H,30,31,34). The molecule has 4 aromatic heterocycles. The number of nitrogens with one attached hydrogen (secondary N) is 1. The van der Waals surface area contributed by atoms with E-state index in [4.69, 9.17) is 10.5 Å². The van der Waals surface area contributed by atoms with Crippen molar-refractivity contribution in [1.82, 2.24) is 29.4 Å². The van der Waals surface area contributed by atoms with Crippen molar-refractivity contribution in [2.75, 3.05) is 5.32 Å². The Balaban J connectivity index is 1.27. The van der Waals surface area contributed by atoms with Gasteiger partial charge in [-0.25, -0.2) is 13.9 Å². The average molecular weight is 486 g/mol. The molecule has 2 amide bonds. The van der Waals surface area contributed by atoms with Gasteiger partial charge < -0.3 is 10.5 Å². The van der Waals surface area contributed by atoms with Crippen LogP contribution in [0.3, 0.4) is 0 Å². The number of nitrogens with zero attached hydrogens (tertiary/aromatic N) is 6. The summed E-state index contributed by atoms with van der Waals surface area (Å²) in [6.07, 6.45) is 4.76. The Morgan fingerprint density at radius 2 is 2.00 bits per heavy atom. The molecule has 180 valence electrons. The quantitative estimate of drug-likeness (QED) is 0.360. The number of anilines is 1. The zero-order chi connectivity index (χ0) is 25.2. The van der Waals surface area contributed by atoms with Gasteiger partial charge in [0.25, 0.3) is 5.91 Å². The molecule has 0 saturated carbocycles. The summed E-state index contributed by atoms with van der Waals surface area (Å²) in [7, 11) is 1.84. The van der Waals surface area contributed by atoms with Crippen LogP contribution in [0.15, 0.2) is 67.1 Å². The molecule has 5 rings (SSSR count). The van der Waals surface area contributed by atoms with Crippen molar-refractivity contribution in [2.24, 2.45) is 12.8 Å². The summed E-state index contributed by atoms with van der Waals surface area (Å²) in [5, 5.41) is 11.1. The Morgan fingerprint density at radius 3 is 2.75 bits per heavy atom. The van der Waals surface area contributed by atoms with Crippen molar-refractivity contribution in [3.05, 3.63) is 84.1 Å². The van der Waals surface area contributed by atoms with Crippen molar-refractivity contribution >= 4 is 23.4 Å². The smallest absolute Gasteiger partial charge is 0.254 e. The van der Waals surface area contributed by atoms with E-state index in [1.165, 1.54) is 36.5 Å². The Kier molecular flexibility index (Phi) is 5.82. The minimum Gasteiger partial charge on any atom is -0.435 e. The number of halogens is 1. The number of aryl methyl sites for hydroxylation is 1. The average Bonchev–Trinajstić information content (AvgIpc) is 3.45. The van der Waals surface area contributed by atoms with E-state index in [1.807, 2.05) is 19.2 Å². The van der Waals surface area contributed by atoms with Gasteiger partial charge in [-0.2, -0.15) is 10.1 Å². The molecule has 0 saturated heterocycles. The fraction of sp³-hybridized carbons (Fsp3) is 0.0833. The highest BCUT2D eigenvalue weighted by atomic mass is 19.1. The van der Waals surface area contributed by atoms with Gasteiger partial charge in [0.15, 0.2) is 17.2 Å². The van der Waals surface area contributed by atoms with Crippen LogP contribution in [0.5, 0.6) is 11.6 Å². The number of pyridine rings is 2. The minimum atomic E-state index is -0.749. The molecular weight excluding hydrogens is 467 g/mol. The summed E-state index contributed by atoms with van der Waals surface area (Å²) in [6, 6.07) is 12.5. The fourth-order valence-corrected chi connectivity index (χ4v) is 3.60. The summed E-state index contributed by atoms with van der Waals surface area (Å²) >= 11 is 0. The van der Waals surface area contributed by atoms with Crippen LogP contribution in [0.4, 0.5) is 10.3 Å². The molecule has 0 spiro atoms. The number of aromatic nitrogens is 6. The van der Waals surface area contributed by atoms with Crippen molar-refractivity contribution in [1.29, 1.82) is 0 Å². The molecule has 0 bridgehead atoms. The third kappa shape index (κ3) is 4.59. The molecule has 1 aromatic carbocycles. The predicted molar refractivity (Wildman–Crippen MR) is 127 cm³/mol.